The van der Waals surface area contributed by atoms with E-state index in [1.165, 1.54) is 6.07 Å². The standard InChI is InChI=1S/C12H16O4/c13-8-4-2-1-3-5-9-6-7-10(14)12(16)11(9)15/h6-8,14-16H,1-5H2. The second-order valence-electron chi connectivity index (χ2n) is 3.71. The van der Waals surface area contributed by atoms with Crippen molar-refractivity contribution in [1.29, 1.82) is 0 Å². The molecule has 0 aliphatic rings. The summed E-state index contributed by atoms with van der Waals surface area (Å²) in [6.45, 7) is 0. The second-order valence-corrected chi connectivity index (χ2v) is 3.71. The Labute approximate surface area is 94.2 Å². The molecule has 1 aromatic carbocycles. The Morgan fingerprint density at radius 2 is 1.75 bits per heavy atom. The highest BCUT2D eigenvalue weighted by molar-refractivity contribution is 5.53. The van der Waals surface area contributed by atoms with Crippen LogP contribution in [0.4, 0.5) is 0 Å². The molecule has 4 nitrogen and oxygen atoms in total. The number of carbonyl (C=O) groups is 1. The summed E-state index contributed by atoms with van der Waals surface area (Å²) in [7, 11) is 0. The van der Waals surface area contributed by atoms with E-state index in [0.29, 0.717) is 18.4 Å². The highest BCUT2D eigenvalue weighted by Crippen LogP contribution is 2.37. The van der Waals surface area contributed by atoms with E-state index >= 15 is 0 Å². The number of aldehydes is 1. The quantitative estimate of drug-likeness (QED) is 0.393. The zero-order valence-electron chi connectivity index (χ0n) is 9.02. The molecule has 0 saturated heterocycles. The first-order valence-corrected chi connectivity index (χ1v) is 5.33. The lowest BCUT2D eigenvalue weighted by atomic mass is 10.0. The minimum Gasteiger partial charge on any atom is -0.504 e. The summed E-state index contributed by atoms with van der Waals surface area (Å²) < 4.78 is 0. The van der Waals surface area contributed by atoms with E-state index in [1.54, 1.807) is 6.07 Å². The molecular formula is C12H16O4. The minimum atomic E-state index is -0.467. The topological polar surface area (TPSA) is 77.8 Å². The zero-order valence-corrected chi connectivity index (χ0v) is 9.02. The van der Waals surface area contributed by atoms with E-state index in [2.05, 4.69) is 0 Å². The van der Waals surface area contributed by atoms with E-state index in [-0.39, 0.29) is 11.5 Å². The monoisotopic (exact) mass is 224 g/mol. The molecule has 1 rings (SSSR count). The average Bonchev–Trinajstić information content (AvgIpc) is 2.28. The van der Waals surface area contributed by atoms with Gasteiger partial charge < -0.3 is 20.1 Å². The van der Waals surface area contributed by atoms with Crippen LogP contribution >= 0.6 is 0 Å². The number of benzene rings is 1. The lowest BCUT2D eigenvalue weighted by Crippen LogP contribution is -1.88. The Hall–Kier alpha value is -1.71. The zero-order chi connectivity index (χ0) is 12.0. The number of phenolic OH excluding ortho intramolecular Hbond substituents is 3. The Morgan fingerprint density at radius 3 is 2.44 bits per heavy atom. The Balaban J connectivity index is 2.48. The number of phenols is 3. The second kappa shape index (κ2) is 6.00. The SMILES string of the molecule is O=CCCCCCc1ccc(O)c(O)c1O. The predicted molar refractivity (Wildman–Crippen MR) is 59.7 cm³/mol. The first-order valence-electron chi connectivity index (χ1n) is 5.33. The fourth-order valence-corrected chi connectivity index (χ4v) is 1.53. The molecule has 0 radical (unpaired) electrons. The van der Waals surface area contributed by atoms with Gasteiger partial charge in [0.2, 0.25) is 5.75 Å². The molecule has 0 aliphatic carbocycles. The Morgan fingerprint density at radius 1 is 1.00 bits per heavy atom. The molecule has 0 spiro atoms. The van der Waals surface area contributed by atoms with E-state index in [0.717, 1.165) is 25.5 Å². The third-order valence-corrected chi connectivity index (χ3v) is 2.48. The summed E-state index contributed by atoms with van der Waals surface area (Å²) in [6, 6.07) is 2.94. The molecule has 16 heavy (non-hydrogen) atoms. The molecule has 0 fully saturated rings. The first kappa shape index (κ1) is 12.4. The van der Waals surface area contributed by atoms with Gasteiger partial charge in [-0.1, -0.05) is 12.5 Å². The van der Waals surface area contributed by atoms with Crippen molar-refractivity contribution in [2.24, 2.45) is 0 Å². The summed E-state index contributed by atoms with van der Waals surface area (Å²) in [4.78, 5) is 10.1. The van der Waals surface area contributed by atoms with Crippen LogP contribution in [0.2, 0.25) is 0 Å². The van der Waals surface area contributed by atoms with Crippen molar-refractivity contribution in [3.8, 4) is 17.2 Å². The highest BCUT2D eigenvalue weighted by atomic mass is 16.3. The van der Waals surface area contributed by atoms with Crippen LogP contribution in [0.25, 0.3) is 0 Å². The van der Waals surface area contributed by atoms with Crippen molar-refractivity contribution in [3.63, 3.8) is 0 Å². The fourth-order valence-electron chi connectivity index (χ4n) is 1.53. The van der Waals surface area contributed by atoms with Crippen LogP contribution in [-0.4, -0.2) is 21.6 Å². The maximum Gasteiger partial charge on any atom is 0.200 e. The van der Waals surface area contributed by atoms with Crippen LogP contribution < -0.4 is 0 Å². The minimum absolute atomic E-state index is 0.254. The summed E-state index contributed by atoms with van der Waals surface area (Å²) in [6.07, 6.45) is 4.66. The van der Waals surface area contributed by atoms with Crippen molar-refractivity contribution in [2.45, 2.75) is 32.1 Å². The third-order valence-electron chi connectivity index (χ3n) is 2.48. The molecule has 0 aromatic heterocycles. The number of unbranched alkanes of at least 4 members (excludes halogenated alkanes) is 3. The van der Waals surface area contributed by atoms with Crippen LogP contribution in [0.1, 0.15) is 31.2 Å². The molecule has 1 aromatic rings. The van der Waals surface area contributed by atoms with E-state index in [4.69, 9.17) is 5.11 Å². The van der Waals surface area contributed by atoms with Gasteiger partial charge in [0, 0.05) is 6.42 Å². The average molecular weight is 224 g/mol. The number of aromatic hydroxyl groups is 3. The molecule has 3 N–H and O–H groups in total. The maximum absolute atomic E-state index is 10.1. The molecular weight excluding hydrogens is 208 g/mol. The molecule has 88 valence electrons. The Bertz CT molecular complexity index is 360. The van der Waals surface area contributed by atoms with Gasteiger partial charge in [0.25, 0.3) is 0 Å². The third kappa shape index (κ3) is 3.15. The smallest absolute Gasteiger partial charge is 0.200 e. The van der Waals surface area contributed by atoms with Gasteiger partial charge in [-0.25, -0.2) is 0 Å². The highest BCUT2D eigenvalue weighted by Gasteiger charge is 2.10. The molecule has 0 saturated carbocycles. The number of aryl methyl sites for hydroxylation is 1. The van der Waals surface area contributed by atoms with Gasteiger partial charge in [0.1, 0.15) is 6.29 Å². The van der Waals surface area contributed by atoms with Gasteiger partial charge in [-0.15, -0.1) is 0 Å². The summed E-state index contributed by atoms with van der Waals surface area (Å²) in [5, 5.41) is 27.9. The van der Waals surface area contributed by atoms with Crippen molar-refractivity contribution in [1.82, 2.24) is 0 Å². The van der Waals surface area contributed by atoms with E-state index < -0.39 is 5.75 Å². The van der Waals surface area contributed by atoms with Crippen LogP contribution in [0.15, 0.2) is 12.1 Å². The summed E-state index contributed by atoms with van der Waals surface area (Å²) in [5.41, 5.74) is 0.612. The molecule has 0 heterocycles. The largest absolute Gasteiger partial charge is 0.504 e. The van der Waals surface area contributed by atoms with Gasteiger partial charge in [0.15, 0.2) is 11.5 Å². The maximum atomic E-state index is 10.1. The van der Waals surface area contributed by atoms with Crippen molar-refractivity contribution in [2.75, 3.05) is 0 Å². The molecule has 0 aliphatic heterocycles. The lowest BCUT2D eigenvalue weighted by molar-refractivity contribution is -0.107. The lowest BCUT2D eigenvalue weighted by Gasteiger charge is -2.07. The van der Waals surface area contributed by atoms with Crippen LogP contribution in [0.5, 0.6) is 17.2 Å². The summed E-state index contributed by atoms with van der Waals surface area (Å²) >= 11 is 0. The van der Waals surface area contributed by atoms with Crippen molar-refractivity contribution < 1.29 is 20.1 Å². The first-order chi connectivity index (χ1) is 7.66. The number of rotatable bonds is 6. The van der Waals surface area contributed by atoms with Gasteiger partial charge in [-0.3, -0.25) is 0 Å². The van der Waals surface area contributed by atoms with Gasteiger partial charge in [-0.2, -0.15) is 0 Å². The van der Waals surface area contributed by atoms with E-state index in [1.807, 2.05) is 0 Å². The van der Waals surface area contributed by atoms with Gasteiger partial charge >= 0.3 is 0 Å². The molecule has 0 bridgehead atoms. The number of carbonyl (C=O) groups excluding carboxylic acids is 1. The van der Waals surface area contributed by atoms with Crippen molar-refractivity contribution in [3.05, 3.63) is 17.7 Å². The Kier molecular flexibility index (Phi) is 4.64. The van der Waals surface area contributed by atoms with Gasteiger partial charge in [-0.05, 0) is 30.9 Å². The van der Waals surface area contributed by atoms with E-state index in [9.17, 15) is 15.0 Å². The summed E-state index contributed by atoms with van der Waals surface area (Å²) in [5.74, 6) is -1.04. The van der Waals surface area contributed by atoms with Crippen LogP contribution in [0, 0.1) is 0 Å². The fraction of sp³-hybridized carbons (Fsp3) is 0.417. The predicted octanol–water partition coefficient (Wildman–Crippen LogP) is 2.11. The van der Waals surface area contributed by atoms with Gasteiger partial charge in [0.05, 0.1) is 0 Å². The number of hydrogen-bond acceptors (Lipinski definition) is 4. The normalized spacial score (nSPS) is 10.2. The number of hydrogen-bond donors (Lipinski definition) is 3. The molecule has 4 heteroatoms. The molecule has 0 unspecified atom stereocenters. The van der Waals surface area contributed by atoms with Crippen LogP contribution in [0.3, 0.4) is 0 Å². The van der Waals surface area contributed by atoms with Crippen molar-refractivity contribution >= 4 is 6.29 Å². The molecule has 0 atom stereocenters. The van der Waals surface area contributed by atoms with Crippen LogP contribution in [-0.2, 0) is 11.2 Å². The molecule has 0 amide bonds.